The van der Waals surface area contributed by atoms with Crippen LogP contribution in [-0.4, -0.2) is 35.5 Å². The molecule has 1 fully saturated rings. The summed E-state index contributed by atoms with van der Waals surface area (Å²) in [6, 6.07) is 7.98. The fourth-order valence-electron chi connectivity index (χ4n) is 3.87. The van der Waals surface area contributed by atoms with Crippen LogP contribution in [0.1, 0.15) is 24.1 Å². The quantitative estimate of drug-likeness (QED) is 0.895. The van der Waals surface area contributed by atoms with Crippen LogP contribution in [0.4, 0.5) is 5.69 Å². The SMILES string of the molecule is O=C1C[C@@H]2CCN(Cc3cccs3)C[C@@H]2CCOc2ncccc2N1. The molecule has 0 bridgehead atoms. The zero-order chi connectivity index (χ0) is 17.1. The normalized spacial score (nSPS) is 24.6. The van der Waals surface area contributed by atoms with Gasteiger partial charge in [-0.05, 0) is 54.8 Å². The van der Waals surface area contributed by atoms with E-state index >= 15 is 0 Å². The first-order chi connectivity index (χ1) is 12.3. The van der Waals surface area contributed by atoms with Crippen LogP contribution in [0.5, 0.6) is 5.88 Å². The van der Waals surface area contributed by atoms with Crippen molar-refractivity contribution in [1.29, 1.82) is 0 Å². The number of likely N-dealkylation sites (tertiary alicyclic amines) is 1. The summed E-state index contributed by atoms with van der Waals surface area (Å²) in [7, 11) is 0. The van der Waals surface area contributed by atoms with Crippen LogP contribution in [-0.2, 0) is 11.3 Å². The Morgan fingerprint density at radius 2 is 2.24 bits per heavy atom. The van der Waals surface area contributed by atoms with Crippen LogP contribution in [0.3, 0.4) is 0 Å². The van der Waals surface area contributed by atoms with Gasteiger partial charge in [-0.1, -0.05) is 6.07 Å². The smallest absolute Gasteiger partial charge is 0.237 e. The van der Waals surface area contributed by atoms with E-state index in [4.69, 9.17) is 4.74 Å². The maximum absolute atomic E-state index is 12.4. The van der Waals surface area contributed by atoms with Crippen molar-refractivity contribution < 1.29 is 9.53 Å². The molecule has 0 saturated carbocycles. The number of nitrogens with zero attached hydrogens (tertiary/aromatic N) is 2. The summed E-state index contributed by atoms with van der Waals surface area (Å²) in [5.74, 6) is 1.52. The minimum absolute atomic E-state index is 0.0708. The second-order valence-electron chi connectivity index (χ2n) is 6.87. The van der Waals surface area contributed by atoms with Gasteiger partial charge in [-0.15, -0.1) is 11.3 Å². The summed E-state index contributed by atoms with van der Waals surface area (Å²) >= 11 is 1.81. The van der Waals surface area contributed by atoms with Gasteiger partial charge < -0.3 is 10.1 Å². The topological polar surface area (TPSA) is 54.5 Å². The molecule has 132 valence electrons. The van der Waals surface area contributed by atoms with Gasteiger partial charge in [0.25, 0.3) is 0 Å². The van der Waals surface area contributed by atoms with Crippen molar-refractivity contribution in [3.63, 3.8) is 0 Å². The van der Waals surface area contributed by atoms with E-state index in [0.29, 0.717) is 36.4 Å². The van der Waals surface area contributed by atoms with Crippen molar-refractivity contribution in [1.82, 2.24) is 9.88 Å². The molecule has 2 aromatic rings. The lowest BCUT2D eigenvalue weighted by molar-refractivity contribution is -0.118. The minimum atomic E-state index is 0.0708. The Balaban J connectivity index is 1.45. The highest BCUT2D eigenvalue weighted by atomic mass is 32.1. The summed E-state index contributed by atoms with van der Waals surface area (Å²) in [6.07, 6.45) is 4.33. The number of rotatable bonds is 2. The minimum Gasteiger partial charge on any atom is -0.476 e. The zero-order valence-corrected chi connectivity index (χ0v) is 15.0. The number of fused-ring (bicyclic) bond motifs is 2. The molecule has 6 heteroatoms. The van der Waals surface area contributed by atoms with Crippen molar-refractivity contribution in [3.8, 4) is 5.88 Å². The van der Waals surface area contributed by atoms with Gasteiger partial charge in [-0.3, -0.25) is 9.69 Å². The van der Waals surface area contributed by atoms with E-state index in [1.54, 1.807) is 6.20 Å². The second kappa shape index (κ2) is 7.54. The molecular formula is C19H23N3O2S. The van der Waals surface area contributed by atoms with Gasteiger partial charge in [0.05, 0.1) is 6.61 Å². The Kier molecular flexibility index (Phi) is 4.99. The molecule has 0 spiro atoms. The van der Waals surface area contributed by atoms with E-state index in [0.717, 1.165) is 32.5 Å². The molecule has 1 amide bonds. The number of carbonyl (C=O) groups is 1. The van der Waals surface area contributed by atoms with Crippen LogP contribution in [0.15, 0.2) is 35.8 Å². The first-order valence-corrected chi connectivity index (χ1v) is 9.78. The van der Waals surface area contributed by atoms with Crippen LogP contribution in [0.25, 0.3) is 0 Å². The molecule has 5 nitrogen and oxygen atoms in total. The molecule has 1 N–H and O–H groups in total. The van der Waals surface area contributed by atoms with Gasteiger partial charge in [0, 0.05) is 30.6 Å². The Morgan fingerprint density at radius 3 is 3.12 bits per heavy atom. The zero-order valence-electron chi connectivity index (χ0n) is 14.2. The lowest BCUT2D eigenvalue weighted by Crippen LogP contribution is -2.42. The Bertz CT molecular complexity index is 719. The third-order valence-electron chi connectivity index (χ3n) is 5.16. The molecule has 0 aromatic carbocycles. The standard InChI is InChI=1S/C19H23N3O2S/c23-18-11-14-5-8-22(13-16-3-2-10-25-16)12-15(14)6-9-24-19-17(21-18)4-1-7-20-19/h1-4,7,10,14-15H,5-6,8-9,11-13H2,(H,21,23)/t14-,15-/m0/s1. The van der Waals surface area contributed by atoms with E-state index in [2.05, 4.69) is 32.7 Å². The van der Waals surface area contributed by atoms with Crippen molar-refractivity contribution in [3.05, 3.63) is 40.7 Å². The predicted molar refractivity (Wildman–Crippen MR) is 98.8 cm³/mol. The summed E-state index contributed by atoms with van der Waals surface area (Å²) in [6.45, 7) is 3.76. The van der Waals surface area contributed by atoms with E-state index in [1.807, 2.05) is 23.5 Å². The van der Waals surface area contributed by atoms with Gasteiger partial charge >= 0.3 is 0 Å². The Morgan fingerprint density at radius 1 is 1.28 bits per heavy atom. The highest BCUT2D eigenvalue weighted by molar-refractivity contribution is 7.09. The molecule has 2 aromatic heterocycles. The Labute approximate surface area is 152 Å². The molecule has 0 aliphatic carbocycles. The number of amides is 1. The number of ether oxygens (including phenoxy) is 1. The van der Waals surface area contributed by atoms with Crippen LogP contribution in [0, 0.1) is 11.8 Å². The molecule has 4 heterocycles. The van der Waals surface area contributed by atoms with Crippen LogP contribution < -0.4 is 10.1 Å². The molecule has 4 rings (SSSR count). The number of nitrogens with one attached hydrogen (secondary N) is 1. The number of carbonyl (C=O) groups excluding carboxylic acids is 1. The number of anilines is 1. The van der Waals surface area contributed by atoms with E-state index in [9.17, 15) is 4.79 Å². The maximum Gasteiger partial charge on any atom is 0.237 e. The van der Waals surface area contributed by atoms with Crippen molar-refractivity contribution in [2.75, 3.05) is 25.0 Å². The van der Waals surface area contributed by atoms with Crippen molar-refractivity contribution >= 4 is 22.9 Å². The van der Waals surface area contributed by atoms with Gasteiger partial charge in [-0.25, -0.2) is 4.98 Å². The average Bonchev–Trinajstić information content (AvgIpc) is 3.11. The third kappa shape index (κ3) is 4.02. The van der Waals surface area contributed by atoms with Gasteiger partial charge in [0.15, 0.2) is 0 Å². The number of thiophene rings is 1. The number of aromatic nitrogens is 1. The lowest BCUT2D eigenvalue weighted by Gasteiger charge is -2.38. The number of piperidine rings is 1. The highest BCUT2D eigenvalue weighted by Gasteiger charge is 2.31. The first-order valence-electron chi connectivity index (χ1n) is 8.90. The van der Waals surface area contributed by atoms with Crippen molar-refractivity contribution in [2.45, 2.75) is 25.8 Å². The number of hydrogen-bond donors (Lipinski definition) is 1. The molecule has 2 aliphatic heterocycles. The fourth-order valence-corrected chi connectivity index (χ4v) is 4.61. The van der Waals surface area contributed by atoms with E-state index < -0.39 is 0 Å². The number of hydrogen-bond acceptors (Lipinski definition) is 5. The van der Waals surface area contributed by atoms with Gasteiger partial charge in [-0.2, -0.15) is 0 Å². The monoisotopic (exact) mass is 357 g/mol. The molecular weight excluding hydrogens is 334 g/mol. The first kappa shape index (κ1) is 16.5. The summed E-state index contributed by atoms with van der Waals surface area (Å²) in [4.78, 5) is 20.6. The van der Waals surface area contributed by atoms with Crippen LogP contribution in [0.2, 0.25) is 0 Å². The van der Waals surface area contributed by atoms with Gasteiger partial charge in [0.1, 0.15) is 5.69 Å². The second-order valence-corrected chi connectivity index (χ2v) is 7.90. The van der Waals surface area contributed by atoms with Gasteiger partial charge in [0.2, 0.25) is 11.8 Å². The molecule has 25 heavy (non-hydrogen) atoms. The molecule has 2 aliphatic rings. The molecule has 0 radical (unpaired) electrons. The number of pyridine rings is 1. The predicted octanol–water partition coefficient (Wildman–Crippen LogP) is 3.39. The van der Waals surface area contributed by atoms with Crippen molar-refractivity contribution in [2.24, 2.45) is 11.8 Å². The molecule has 2 atom stereocenters. The summed E-state index contributed by atoms with van der Waals surface area (Å²) in [5, 5.41) is 5.11. The highest BCUT2D eigenvalue weighted by Crippen LogP contribution is 2.32. The third-order valence-corrected chi connectivity index (χ3v) is 6.02. The molecule has 0 unspecified atom stereocenters. The lowest BCUT2D eigenvalue weighted by atomic mass is 9.81. The summed E-state index contributed by atoms with van der Waals surface area (Å²) in [5.41, 5.74) is 0.682. The van der Waals surface area contributed by atoms with E-state index in [1.165, 1.54) is 4.88 Å². The largest absolute Gasteiger partial charge is 0.476 e. The summed E-state index contributed by atoms with van der Waals surface area (Å²) < 4.78 is 5.86. The Hall–Kier alpha value is -1.92. The van der Waals surface area contributed by atoms with Crippen LogP contribution >= 0.6 is 11.3 Å². The fraction of sp³-hybridized carbons (Fsp3) is 0.474. The maximum atomic E-state index is 12.4. The average molecular weight is 357 g/mol. The van der Waals surface area contributed by atoms with E-state index in [-0.39, 0.29) is 5.91 Å². The molecule has 1 saturated heterocycles.